The van der Waals surface area contributed by atoms with Crippen LogP contribution in [0.2, 0.25) is 0 Å². The summed E-state index contributed by atoms with van der Waals surface area (Å²) in [5, 5.41) is 1.11. The molecule has 0 bridgehead atoms. The van der Waals surface area contributed by atoms with E-state index in [1.807, 2.05) is 73.1 Å². The maximum absolute atomic E-state index is 6.06. The molecule has 4 heterocycles. The quantitative estimate of drug-likeness (QED) is 0.289. The summed E-state index contributed by atoms with van der Waals surface area (Å²) in [6.07, 6.45) is 6.46. The van der Waals surface area contributed by atoms with Gasteiger partial charge in [0.2, 0.25) is 5.88 Å². The molecule has 0 atom stereocenters. The van der Waals surface area contributed by atoms with E-state index in [1.165, 1.54) is 5.56 Å². The second-order valence-electron chi connectivity index (χ2n) is 8.12. The molecule has 34 heavy (non-hydrogen) atoms. The maximum Gasteiger partial charge on any atom is 0.219 e. The molecule has 0 amide bonds. The van der Waals surface area contributed by atoms with Crippen molar-refractivity contribution in [2.75, 3.05) is 0 Å². The number of rotatable bonds is 5. The minimum Gasteiger partial charge on any atom is -0.439 e. The highest BCUT2D eigenvalue weighted by atomic mass is 16.5. The summed E-state index contributed by atoms with van der Waals surface area (Å²) in [6, 6.07) is 28.4. The Labute approximate surface area is 197 Å². The molecule has 0 unspecified atom stereocenters. The van der Waals surface area contributed by atoms with Crippen molar-refractivity contribution >= 4 is 21.9 Å². The Balaban J connectivity index is 1.46. The van der Waals surface area contributed by atoms with Crippen molar-refractivity contribution < 1.29 is 4.74 Å². The monoisotopic (exact) mass is 442 g/mol. The molecular weight excluding hydrogens is 420 g/mol. The molecule has 0 saturated carbocycles. The van der Waals surface area contributed by atoms with Gasteiger partial charge in [0.1, 0.15) is 11.6 Å². The third-order valence-corrected chi connectivity index (χ3v) is 5.98. The minimum atomic E-state index is 0.598. The standard InChI is InChI=1S/C29H22N4O/c1-2-20-13-15-31-28(16-20)34-23-9-7-8-21(17-23)22-18-26-29(32-19-22)24-10-3-4-11-25(24)33(26)27-12-5-6-14-30-27/h3-19H,2H2,1H3. The van der Waals surface area contributed by atoms with E-state index >= 15 is 0 Å². The molecule has 0 radical (unpaired) electrons. The van der Waals surface area contributed by atoms with E-state index in [-0.39, 0.29) is 0 Å². The third kappa shape index (κ3) is 3.57. The van der Waals surface area contributed by atoms with Crippen molar-refractivity contribution in [3.8, 4) is 28.6 Å². The third-order valence-electron chi connectivity index (χ3n) is 5.98. The highest BCUT2D eigenvalue weighted by molar-refractivity contribution is 6.07. The average Bonchev–Trinajstić information content (AvgIpc) is 3.23. The fourth-order valence-corrected chi connectivity index (χ4v) is 4.31. The highest BCUT2D eigenvalue weighted by Crippen LogP contribution is 2.33. The van der Waals surface area contributed by atoms with Gasteiger partial charge < -0.3 is 4.74 Å². The van der Waals surface area contributed by atoms with E-state index in [4.69, 9.17) is 9.72 Å². The number of para-hydroxylation sites is 1. The second-order valence-corrected chi connectivity index (χ2v) is 8.12. The lowest BCUT2D eigenvalue weighted by Gasteiger charge is -2.09. The van der Waals surface area contributed by atoms with Gasteiger partial charge >= 0.3 is 0 Å². The van der Waals surface area contributed by atoms with Crippen LogP contribution in [0.25, 0.3) is 38.9 Å². The van der Waals surface area contributed by atoms with Gasteiger partial charge in [0.05, 0.1) is 16.6 Å². The zero-order chi connectivity index (χ0) is 22.9. The molecule has 164 valence electrons. The zero-order valence-electron chi connectivity index (χ0n) is 18.7. The fourth-order valence-electron chi connectivity index (χ4n) is 4.31. The van der Waals surface area contributed by atoms with Crippen molar-refractivity contribution in [3.63, 3.8) is 0 Å². The van der Waals surface area contributed by atoms with Crippen LogP contribution in [0.1, 0.15) is 12.5 Å². The fraction of sp³-hybridized carbons (Fsp3) is 0.0690. The van der Waals surface area contributed by atoms with E-state index in [0.29, 0.717) is 5.88 Å². The van der Waals surface area contributed by atoms with Gasteiger partial charge in [0.25, 0.3) is 0 Å². The molecule has 6 aromatic rings. The lowest BCUT2D eigenvalue weighted by Crippen LogP contribution is -1.96. The molecule has 0 aliphatic rings. The molecule has 5 heteroatoms. The van der Waals surface area contributed by atoms with Gasteiger partial charge in [-0.25, -0.2) is 9.97 Å². The number of aromatic nitrogens is 4. The van der Waals surface area contributed by atoms with Gasteiger partial charge in [0, 0.05) is 35.6 Å². The predicted octanol–water partition coefficient (Wildman–Crippen LogP) is 6.99. The van der Waals surface area contributed by atoms with E-state index in [2.05, 4.69) is 45.7 Å². The van der Waals surface area contributed by atoms with Crippen LogP contribution in [0.5, 0.6) is 11.6 Å². The van der Waals surface area contributed by atoms with Crippen molar-refractivity contribution in [1.29, 1.82) is 0 Å². The van der Waals surface area contributed by atoms with Gasteiger partial charge in [-0.05, 0) is 60.0 Å². The summed E-state index contributed by atoms with van der Waals surface area (Å²) in [5.74, 6) is 2.20. The molecule has 0 aliphatic heterocycles. The van der Waals surface area contributed by atoms with Crippen molar-refractivity contribution in [2.24, 2.45) is 0 Å². The molecule has 5 nitrogen and oxygen atoms in total. The minimum absolute atomic E-state index is 0.598. The lowest BCUT2D eigenvalue weighted by atomic mass is 10.1. The van der Waals surface area contributed by atoms with Crippen LogP contribution in [0, 0.1) is 0 Å². The summed E-state index contributed by atoms with van der Waals surface area (Å²) >= 11 is 0. The SMILES string of the molecule is CCc1ccnc(Oc2cccc(-c3cnc4c5ccccc5n(-c5ccccn5)c4c3)c2)c1. The number of hydrogen-bond donors (Lipinski definition) is 0. The van der Waals surface area contributed by atoms with E-state index in [9.17, 15) is 0 Å². The number of ether oxygens (including phenoxy) is 1. The van der Waals surface area contributed by atoms with E-state index in [1.54, 1.807) is 6.20 Å². The highest BCUT2D eigenvalue weighted by Gasteiger charge is 2.15. The van der Waals surface area contributed by atoms with Gasteiger partial charge in [0.15, 0.2) is 0 Å². The van der Waals surface area contributed by atoms with Crippen LogP contribution in [0.15, 0.2) is 104 Å². The Bertz CT molecular complexity index is 1620. The molecule has 0 saturated heterocycles. The Morgan fingerprint density at radius 1 is 0.735 bits per heavy atom. The first-order valence-electron chi connectivity index (χ1n) is 11.3. The first kappa shape index (κ1) is 20.1. The smallest absolute Gasteiger partial charge is 0.219 e. The summed E-state index contributed by atoms with van der Waals surface area (Å²) in [7, 11) is 0. The summed E-state index contributed by atoms with van der Waals surface area (Å²) in [4.78, 5) is 13.8. The van der Waals surface area contributed by atoms with Gasteiger partial charge in [-0.15, -0.1) is 0 Å². The number of fused-ring (bicyclic) bond motifs is 3. The molecule has 2 aromatic carbocycles. The van der Waals surface area contributed by atoms with Crippen LogP contribution >= 0.6 is 0 Å². The second kappa shape index (κ2) is 8.45. The maximum atomic E-state index is 6.06. The van der Waals surface area contributed by atoms with Crippen LogP contribution < -0.4 is 4.74 Å². The first-order chi connectivity index (χ1) is 16.8. The molecule has 0 aliphatic carbocycles. The van der Waals surface area contributed by atoms with E-state index < -0.39 is 0 Å². The average molecular weight is 443 g/mol. The van der Waals surface area contributed by atoms with Gasteiger partial charge in [-0.3, -0.25) is 9.55 Å². The lowest BCUT2D eigenvalue weighted by molar-refractivity contribution is 0.462. The topological polar surface area (TPSA) is 52.8 Å². The molecule has 0 spiro atoms. The molecule has 0 fully saturated rings. The molecule has 6 rings (SSSR count). The van der Waals surface area contributed by atoms with Crippen LogP contribution in [0.3, 0.4) is 0 Å². The Hall–Kier alpha value is -4.51. The van der Waals surface area contributed by atoms with Crippen molar-refractivity contribution in [2.45, 2.75) is 13.3 Å². The van der Waals surface area contributed by atoms with E-state index in [0.717, 1.165) is 51.1 Å². The molecular formula is C29H22N4O. The van der Waals surface area contributed by atoms with Gasteiger partial charge in [-0.1, -0.05) is 43.3 Å². The van der Waals surface area contributed by atoms with Crippen molar-refractivity contribution in [1.82, 2.24) is 19.5 Å². The first-order valence-corrected chi connectivity index (χ1v) is 11.3. The number of nitrogens with zero attached hydrogens (tertiary/aromatic N) is 4. The van der Waals surface area contributed by atoms with Crippen LogP contribution in [0.4, 0.5) is 0 Å². The zero-order valence-corrected chi connectivity index (χ0v) is 18.7. The largest absolute Gasteiger partial charge is 0.439 e. The molecule has 4 aromatic heterocycles. The van der Waals surface area contributed by atoms with Crippen LogP contribution in [-0.2, 0) is 6.42 Å². The van der Waals surface area contributed by atoms with Crippen molar-refractivity contribution in [3.05, 3.63) is 109 Å². The number of hydrogen-bond acceptors (Lipinski definition) is 4. The van der Waals surface area contributed by atoms with Gasteiger partial charge in [-0.2, -0.15) is 0 Å². The summed E-state index contributed by atoms with van der Waals surface area (Å²) in [5.41, 5.74) is 6.28. The van der Waals surface area contributed by atoms with Crippen LogP contribution in [-0.4, -0.2) is 19.5 Å². The number of pyridine rings is 3. The number of aryl methyl sites for hydroxylation is 1. The Morgan fingerprint density at radius 3 is 2.53 bits per heavy atom. The predicted molar refractivity (Wildman–Crippen MR) is 135 cm³/mol. The summed E-state index contributed by atoms with van der Waals surface area (Å²) < 4.78 is 8.23. The molecule has 0 N–H and O–H groups in total. The number of benzene rings is 2. The summed E-state index contributed by atoms with van der Waals surface area (Å²) in [6.45, 7) is 2.12. The normalized spacial score (nSPS) is 11.2. The Morgan fingerprint density at radius 2 is 1.65 bits per heavy atom. The Kier molecular flexibility index (Phi) is 5.00.